The van der Waals surface area contributed by atoms with Gasteiger partial charge in [0.1, 0.15) is 17.3 Å². The fourth-order valence-electron chi connectivity index (χ4n) is 4.18. The molecule has 2 aromatic carbocycles. The molecule has 0 aliphatic carbocycles. The second kappa shape index (κ2) is 11.2. The van der Waals surface area contributed by atoms with E-state index in [1.165, 1.54) is 12.0 Å². The number of carbonyl (C=O) groups is 2. The molecule has 0 bridgehead atoms. The number of benzene rings is 2. The van der Waals surface area contributed by atoms with Crippen LogP contribution in [0.2, 0.25) is 0 Å². The number of aryl methyl sites for hydroxylation is 1. The highest BCUT2D eigenvalue weighted by atomic mass is 16.5. The fraction of sp³-hybridized carbons (Fsp3) is 0.321. The summed E-state index contributed by atoms with van der Waals surface area (Å²) in [6.45, 7) is 6.65. The van der Waals surface area contributed by atoms with E-state index in [2.05, 4.69) is 12.1 Å². The predicted molar refractivity (Wildman–Crippen MR) is 137 cm³/mol. The van der Waals surface area contributed by atoms with Gasteiger partial charge in [-0.2, -0.15) is 0 Å². The molecule has 0 spiro atoms. The topological polar surface area (TPSA) is 111 Å². The number of rotatable bonds is 10. The Morgan fingerprint density at radius 2 is 1.81 bits per heavy atom. The molecule has 1 atom stereocenters. The number of nitrogens with zero attached hydrogens (tertiary/aromatic N) is 2. The van der Waals surface area contributed by atoms with Gasteiger partial charge in [-0.3, -0.25) is 14.5 Å². The van der Waals surface area contributed by atoms with Gasteiger partial charge >= 0.3 is 5.91 Å². The highest BCUT2D eigenvalue weighted by molar-refractivity contribution is 6.51. The molecule has 4 rings (SSSR count). The molecule has 0 radical (unpaired) electrons. The summed E-state index contributed by atoms with van der Waals surface area (Å²) in [6, 6.07) is 12.4. The van der Waals surface area contributed by atoms with Gasteiger partial charge in [-0.15, -0.1) is 0 Å². The normalized spacial score (nSPS) is 16.8. The Balaban J connectivity index is 1.84. The number of aliphatic hydroxyl groups excluding tert-OH is 1. The molecule has 1 N–H and O–H groups in total. The van der Waals surface area contributed by atoms with Crippen molar-refractivity contribution < 1.29 is 33.4 Å². The van der Waals surface area contributed by atoms with Gasteiger partial charge in [0.25, 0.3) is 5.78 Å². The molecule has 1 fully saturated rings. The summed E-state index contributed by atoms with van der Waals surface area (Å²) in [6.07, 6.45) is 1.87. The maximum Gasteiger partial charge on any atom is 0.301 e. The molecule has 9 nitrogen and oxygen atoms in total. The Morgan fingerprint density at radius 3 is 2.43 bits per heavy atom. The van der Waals surface area contributed by atoms with Crippen molar-refractivity contribution in [2.75, 3.05) is 25.2 Å². The lowest BCUT2D eigenvalue weighted by Crippen LogP contribution is -2.29. The Labute approximate surface area is 215 Å². The van der Waals surface area contributed by atoms with Crippen molar-refractivity contribution in [3.63, 3.8) is 0 Å². The number of amides is 1. The number of carbonyl (C=O) groups excluding carboxylic acids is 2. The van der Waals surface area contributed by atoms with Crippen molar-refractivity contribution in [2.45, 2.75) is 39.7 Å². The Hall–Kier alpha value is -4.27. The minimum absolute atomic E-state index is 0.0727. The summed E-state index contributed by atoms with van der Waals surface area (Å²) < 4.78 is 22.1. The van der Waals surface area contributed by atoms with E-state index in [1.54, 1.807) is 55.5 Å². The highest BCUT2D eigenvalue weighted by Gasteiger charge is 2.48. The van der Waals surface area contributed by atoms with Crippen LogP contribution in [0.5, 0.6) is 17.2 Å². The first-order valence-electron chi connectivity index (χ1n) is 12.2. The minimum atomic E-state index is -0.977. The first-order valence-corrected chi connectivity index (χ1v) is 12.2. The van der Waals surface area contributed by atoms with Crippen LogP contribution in [-0.4, -0.2) is 42.3 Å². The summed E-state index contributed by atoms with van der Waals surface area (Å²) in [7, 11) is 1.52. The maximum absolute atomic E-state index is 13.3. The summed E-state index contributed by atoms with van der Waals surface area (Å²) in [4.78, 5) is 27.8. The lowest BCUT2D eigenvalue weighted by molar-refractivity contribution is -0.132. The van der Waals surface area contributed by atoms with Crippen LogP contribution in [0, 0.1) is 6.92 Å². The zero-order valence-electron chi connectivity index (χ0n) is 21.3. The third-order valence-corrected chi connectivity index (χ3v) is 6.00. The van der Waals surface area contributed by atoms with Crippen molar-refractivity contribution in [3.05, 3.63) is 71.0 Å². The van der Waals surface area contributed by atoms with E-state index in [0.29, 0.717) is 47.3 Å². The third kappa shape index (κ3) is 5.16. The molecule has 2 heterocycles. The molecule has 0 saturated carbocycles. The summed E-state index contributed by atoms with van der Waals surface area (Å²) in [5, 5.41) is 15.3. The Morgan fingerprint density at radius 1 is 1.05 bits per heavy atom. The zero-order valence-corrected chi connectivity index (χ0v) is 21.3. The molecule has 9 heteroatoms. The Kier molecular flexibility index (Phi) is 7.81. The van der Waals surface area contributed by atoms with Gasteiger partial charge in [-0.05, 0) is 62.2 Å². The van der Waals surface area contributed by atoms with Gasteiger partial charge in [0.05, 0.1) is 31.9 Å². The monoisotopic (exact) mass is 506 g/mol. The molecule has 1 aromatic heterocycles. The summed E-state index contributed by atoms with van der Waals surface area (Å²) >= 11 is 0. The molecular formula is C28H30N2O7. The third-order valence-electron chi connectivity index (χ3n) is 6.00. The second-order valence-electron chi connectivity index (χ2n) is 8.53. The average Bonchev–Trinajstić information content (AvgIpc) is 3.44. The van der Waals surface area contributed by atoms with Crippen molar-refractivity contribution in [1.82, 2.24) is 5.16 Å². The zero-order chi connectivity index (χ0) is 26.5. The standard InChI is InChI=1S/C28H30N2O7/c1-5-7-14-36-21-13-10-19(16-22(21)34-4)25-24(26(31)18-8-11-20(12-9-18)35-6-2)27(32)28(33)30(25)23-15-17(3)37-29-23/h8-13,15-16,25,31H,5-7,14H2,1-4H3/t25-/m0/s1. The average molecular weight is 507 g/mol. The molecule has 1 aliphatic heterocycles. The van der Waals surface area contributed by atoms with Gasteiger partial charge in [0.2, 0.25) is 0 Å². The number of hydrogen-bond acceptors (Lipinski definition) is 8. The van der Waals surface area contributed by atoms with E-state index < -0.39 is 17.7 Å². The predicted octanol–water partition coefficient (Wildman–Crippen LogP) is 5.20. The quantitative estimate of drug-likeness (QED) is 0.173. The van der Waals surface area contributed by atoms with Gasteiger partial charge in [-0.1, -0.05) is 24.6 Å². The number of aliphatic hydroxyl groups is 1. The van der Waals surface area contributed by atoms with E-state index in [-0.39, 0.29) is 17.2 Å². The number of ketones is 1. The van der Waals surface area contributed by atoms with Crippen LogP contribution in [0.1, 0.15) is 49.6 Å². The fourth-order valence-corrected chi connectivity index (χ4v) is 4.18. The van der Waals surface area contributed by atoms with Crippen molar-refractivity contribution in [3.8, 4) is 17.2 Å². The lowest BCUT2D eigenvalue weighted by Gasteiger charge is -2.24. The summed E-state index contributed by atoms with van der Waals surface area (Å²) in [5.41, 5.74) is 0.831. The van der Waals surface area contributed by atoms with Crippen LogP contribution < -0.4 is 19.1 Å². The second-order valence-corrected chi connectivity index (χ2v) is 8.53. The molecule has 1 aliphatic rings. The number of anilines is 1. The first-order chi connectivity index (χ1) is 17.9. The van der Waals surface area contributed by atoms with E-state index in [0.717, 1.165) is 12.8 Å². The first kappa shape index (κ1) is 25.8. The van der Waals surface area contributed by atoms with Crippen LogP contribution in [0.4, 0.5) is 5.82 Å². The molecule has 1 saturated heterocycles. The molecular weight excluding hydrogens is 476 g/mol. The van der Waals surface area contributed by atoms with Crippen LogP contribution in [-0.2, 0) is 9.59 Å². The van der Waals surface area contributed by atoms with Crippen LogP contribution in [0.25, 0.3) is 5.76 Å². The highest BCUT2D eigenvalue weighted by Crippen LogP contribution is 2.44. The number of methoxy groups -OCH3 is 1. The number of ether oxygens (including phenoxy) is 3. The van der Waals surface area contributed by atoms with E-state index in [4.69, 9.17) is 18.7 Å². The van der Waals surface area contributed by atoms with E-state index in [1.807, 2.05) is 6.92 Å². The summed E-state index contributed by atoms with van der Waals surface area (Å²) in [5.74, 6) is 0.273. The molecule has 37 heavy (non-hydrogen) atoms. The molecule has 1 amide bonds. The van der Waals surface area contributed by atoms with Crippen LogP contribution in [0.15, 0.2) is 58.6 Å². The van der Waals surface area contributed by atoms with Gasteiger partial charge in [0, 0.05) is 11.6 Å². The Bertz CT molecular complexity index is 1310. The van der Waals surface area contributed by atoms with E-state index >= 15 is 0 Å². The SMILES string of the molecule is CCCCOc1ccc([C@H]2C(=C(O)c3ccc(OCC)cc3)C(=O)C(=O)N2c2cc(C)on2)cc1OC. The number of Topliss-reactive ketones (excluding diaryl/α,β-unsaturated/α-hetero) is 1. The smallest absolute Gasteiger partial charge is 0.301 e. The van der Waals surface area contributed by atoms with Crippen molar-refractivity contribution >= 4 is 23.3 Å². The molecule has 0 unspecified atom stereocenters. The number of aromatic nitrogens is 1. The molecule has 194 valence electrons. The maximum atomic E-state index is 13.3. The van der Waals surface area contributed by atoms with Gasteiger partial charge in [0.15, 0.2) is 17.3 Å². The minimum Gasteiger partial charge on any atom is -0.507 e. The van der Waals surface area contributed by atoms with Crippen LogP contribution in [0.3, 0.4) is 0 Å². The van der Waals surface area contributed by atoms with Gasteiger partial charge in [-0.25, -0.2) is 0 Å². The van der Waals surface area contributed by atoms with Crippen LogP contribution >= 0.6 is 0 Å². The largest absolute Gasteiger partial charge is 0.507 e. The van der Waals surface area contributed by atoms with Crippen molar-refractivity contribution in [2.24, 2.45) is 0 Å². The van der Waals surface area contributed by atoms with Gasteiger partial charge < -0.3 is 23.8 Å². The van der Waals surface area contributed by atoms with Crippen molar-refractivity contribution in [1.29, 1.82) is 0 Å². The lowest BCUT2D eigenvalue weighted by atomic mass is 9.95. The number of hydrogen-bond donors (Lipinski definition) is 1. The van der Waals surface area contributed by atoms with E-state index in [9.17, 15) is 14.7 Å². The molecule has 3 aromatic rings. The number of unbranched alkanes of at least 4 members (excludes halogenated alkanes) is 1.